The van der Waals surface area contributed by atoms with Crippen LogP contribution in [0.1, 0.15) is 0 Å². The van der Waals surface area contributed by atoms with Crippen molar-refractivity contribution in [3.63, 3.8) is 0 Å². The molecule has 62 heavy (non-hydrogen) atoms. The Morgan fingerprint density at radius 3 is 2.34 bits per heavy atom. The van der Waals surface area contributed by atoms with Gasteiger partial charge in [-0.05, 0) is 60.0 Å². The number of anilines is 5. The summed E-state index contributed by atoms with van der Waals surface area (Å²) in [7, 11) is -8.77. The van der Waals surface area contributed by atoms with Gasteiger partial charge in [0.2, 0.25) is 0 Å². The number of H-pyrrole nitrogens is 2. The highest BCUT2D eigenvalue weighted by Gasteiger charge is 2.32. The van der Waals surface area contributed by atoms with Crippen LogP contribution >= 0.6 is 22.9 Å². The van der Waals surface area contributed by atoms with Gasteiger partial charge >= 0.3 is 0 Å². The smallest absolute Gasteiger partial charge is 0.287 e. The molecule has 0 aliphatic carbocycles. The van der Waals surface area contributed by atoms with Crippen molar-refractivity contribution in [1.29, 1.82) is 0 Å². The first kappa shape index (κ1) is 41.4. The van der Waals surface area contributed by atoms with Gasteiger partial charge in [0.25, 0.3) is 26.0 Å². The minimum atomic E-state index is -4.57. The average Bonchev–Trinajstić information content (AvgIpc) is 4.05. The van der Waals surface area contributed by atoms with Crippen LogP contribution in [0, 0.1) is 23.3 Å². The molecule has 0 aliphatic heterocycles. The van der Waals surface area contributed by atoms with E-state index in [2.05, 4.69) is 65.3 Å². The van der Waals surface area contributed by atoms with Crippen molar-refractivity contribution in [3.05, 3.63) is 137 Å². The number of benzene rings is 2. The third kappa shape index (κ3) is 8.36. The van der Waals surface area contributed by atoms with Crippen molar-refractivity contribution >= 4 is 94.3 Å². The maximum absolute atomic E-state index is 15.3. The summed E-state index contributed by atoms with van der Waals surface area (Å²) in [6.07, 6.45) is 8.31. The van der Waals surface area contributed by atoms with E-state index in [1.54, 1.807) is 24.3 Å². The van der Waals surface area contributed by atoms with Crippen LogP contribution in [-0.2, 0) is 20.0 Å². The molecule has 9 aromatic rings. The number of hydrogen-bond acceptors (Lipinski definition) is 15. The highest BCUT2D eigenvalue weighted by molar-refractivity contribution is 7.93. The lowest BCUT2D eigenvalue weighted by Gasteiger charge is -2.23. The number of sulfonamides is 2. The molecule has 0 aliphatic rings. The summed E-state index contributed by atoms with van der Waals surface area (Å²) in [6.45, 7) is 0. The summed E-state index contributed by atoms with van der Waals surface area (Å²) in [5, 5.41) is 4.11. The number of hydrogen-bond donors (Lipinski definition) is 5. The van der Waals surface area contributed by atoms with Gasteiger partial charge in [-0.1, -0.05) is 17.7 Å². The predicted molar refractivity (Wildman–Crippen MR) is 220 cm³/mol. The lowest BCUT2D eigenvalue weighted by Crippen LogP contribution is -2.38. The van der Waals surface area contributed by atoms with E-state index in [9.17, 15) is 30.0 Å². The van der Waals surface area contributed by atoms with Gasteiger partial charge in [-0.3, -0.25) is 10.1 Å². The molecule has 0 fully saturated rings. The number of fused-ring (bicyclic) bond motifs is 2. The van der Waals surface area contributed by atoms with Crippen LogP contribution in [0.3, 0.4) is 0 Å². The first-order chi connectivity index (χ1) is 29.8. The average molecular weight is 923 g/mol. The Kier molecular flexibility index (Phi) is 11.3. The molecule has 26 heteroatoms. The van der Waals surface area contributed by atoms with Crippen LogP contribution in [0.5, 0.6) is 0 Å². The van der Waals surface area contributed by atoms with Gasteiger partial charge in [0.05, 0.1) is 24.5 Å². The predicted octanol–water partition coefficient (Wildman–Crippen LogP) is 7.20. The minimum Gasteiger partial charge on any atom is -0.342 e. The third-order valence-corrected chi connectivity index (χ3v) is 12.8. The fourth-order valence-corrected chi connectivity index (χ4v) is 9.43. The summed E-state index contributed by atoms with van der Waals surface area (Å²) < 4.78 is 112. The largest absolute Gasteiger partial charge is 0.342 e. The molecule has 0 saturated carbocycles. The number of aromatic nitrogens is 10. The number of pyridine rings is 2. The third-order valence-electron chi connectivity index (χ3n) is 8.38. The Balaban J connectivity index is 0.000000174. The highest BCUT2D eigenvalue weighted by Crippen LogP contribution is 2.35. The normalized spacial score (nSPS) is 11.6. The van der Waals surface area contributed by atoms with Crippen LogP contribution in [0.2, 0.25) is 4.34 Å². The first-order valence-electron chi connectivity index (χ1n) is 17.2. The van der Waals surface area contributed by atoms with Gasteiger partial charge < -0.3 is 15.3 Å². The number of rotatable bonds is 11. The summed E-state index contributed by atoms with van der Waals surface area (Å²) in [5.41, 5.74) is 3.88. The maximum Gasteiger partial charge on any atom is 0.287 e. The van der Waals surface area contributed by atoms with E-state index in [0.717, 1.165) is 35.6 Å². The van der Waals surface area contributed by atoms with Crippen LogP contribution < -0.4 is 19.9 Å². The maximum atomic E-state index is 15.3. The number of nitrogens with one attached hydrogen (secondary N) is 5. The molecule has 0 radical (unpaired) electrons. The fraction of sp³-hybridized carbons (Fsp3) is 0. The highest BCUT2D eigenvalue weighted by atomic mass is 35.5. The summed E-state index contributed by atoms with van der Waals surface area (Å²) in [4.78, 5) is 37.3. The van der Waals surface area contributed by atoms with Crippen molar-refractivity contribution in [1.82, 2.24) is 49.8 Å². The second kappa shape index (κ2) is 17.0. The summed E-state index contributed by atoms with van der Waals surface area (Å²) in [5.74, 6) is -4.39. The van der Waals surface area contributed by atoms with E-state index >= 15 is 4.39 Å². The lowest BCUT2D eigenvalue weighted by molar-refractivity contribution is 0.548. The van der Waals surface area contributed by atoms with Gasteiger partial charge in [0, 0.05) is 24.0 Å². The zero-order valence-corrected chi connectivity index (χ0v) is 33.9. The van der Waals surface area contributed by atoms with E-state index in [1.165, 1.54) is 55.1 Å². The molecule has 7 heterocycles. The molecule has 0 saturated heterocycles. The summed E-state index contributed by atoms with van der Waals surface area (Å²) in [6, 6.07) is 13.4. The number of hydrazine groups is 1. The van der Waals surface area contributed by atoms with Crippen molar-refractivity contribution in [3.8, 4) is 11.3 Å². The Morgan fingerprint density at radius 1 is 0.758 bits per heavy atom. The standard InChI is InChI=1S/C20H12ClF2N7O2S2.C16H11F2N7O2S/c21-18-13(5-7-33-18)34(31,32)30-12-4-3-11(22)16(14(12)23)29-19-10(2-1-6-24-19)15-17-20(27-8-25-15)28-9-26-17;17-10-4-5-13(11(18)7-10)28(26,27)25(24-14-3-1-2-6-19-14)16-20-8-12-15(23-16)22-9-21-12/h1-9,30H,(H,24,29)(H,25,26,27,28);1-9H,(H,19,24)(H,20,21,22,23). The van der Waals surface area contributed by atoms with Gasteiger partial charge in [-0.2, -0.15) is 13.4 Å². The van der Waals surface area contributed by atoms with Crippen molar-refractivity contribution in [2.45, 2.75) is 9.79 Å². The molecule has 314 valence electrons. The van der Waals surface area contributed by atoms with Crippen LogP contribution in [0.15, 0.2) is 119 Å². The molecule has 0 unspecified atom stereocenters. The van der Waals surface area contributed by atoms with E-state index in [1.807, 2.05) is 0 Å². The molecular formula is C36H23ClF4N14O4S3. The topological polar surface area (TPSA) is 242 Å². The Hall–Kier alpha value is -7.35. The quantitative estimate of drug-likeness (QED) is 0.0637. The summed E-state index contributed by atoms with van der Waals surface area (Å²) >= 11 is 6.92. The number of aromatic amines is 2. The lowest BCUT2D eigenvalue weighted by atomic mass is 10.1. The van der Waals surface area contributed by atoms with E-state index < -0.39 is 59.6 Å². The molecular weight excluding hydrogens is 900 g/mol. The molecule has 9 rings (SSSR count). The molecule has 18 nitrogen and oxygen atoms in total. The SMILES string of the molecule is O=S(=O)(Nc1ccc(F)c(Nc2ncccc2-c2ncnc3nc[nH]c23)c1F)c1ccsc1Cl.O=S(=O)(c1ccc(F)cc1F)N(Nc1ccccn1)c1ncc2[nH]cnc2n1. The van der Waals surface area contributed by atoms with Gasteiger partial charge in [0.1, 0.15) is 72.0 Å². The Bertz CT molecular complexity index is 3330. The zero-order valence-electron chi connectivity index (χ0n) is 30.7. The van der Waals surface area contributed by atoms with Gasteiger partial charge in [-0.25, -0.2) is 60.9 Å². The molecule has 0 amide bonds. The van der Waals surface area contributed by atoms with Crippen molar-refractivity contribution in [2.75, 3.05) is 19.9 Å². The number of halogens is 5. The molecule has 0 atom stereocenters. The minimum absolute atomic E-state index is 0.0152. The second-order valence-corrected chi connectivity index (χ2v) is 17.2. The fourth-order valence-electron chi connectivity index (χ4n) is 5.56. The zero-order chi connectivity index (χ0) is 43.6. The van der Waals surface area contributed by atoms with E-state index in [-0.39, 0.29) is 32.5 Å². The Morgan fingerprint density at radius 2 is 1.56 bits per heavy atom. The van der Waals surface area contributed by atoms with Crippen molar-refractivity contribution in [2.24, 2.45) is 0 Å². The number of thiophene rings is 1. The molecule has 0 spiro atoms. The van der Waals surface area contributed by atoms with E-state index in [4.69, 9.17) is 11.6 Å². The molecule has 2 aromatic carbocycles. The number of imidazole rings is 2. The second-order valence-electron chi connectivity index (χ2n) is 12.3. The molecule has 0 bridgehead atoms. The van der Waals surface area contributed by atoms with Crippen molar-refractivity contribution < 1.29 is 34.4 Å². The monoisotopic (exact) mass is 922 g/mol. The molecule has 7 aromatic heterocycles. The van der Waals surface area contributed by atoms with Gasteiger partial charge in [0.15, 0.2) is 17.1 Å². The van der Waals surface area contributed by atoms with Gasteiger partial charge in [-0.15, -0.1) is 15.8 Å². The van der Waals surface area contributed by atoms with Crippen LogP contribution in [0.4, 0.5) is 46.5 Å². The Labute approximate surface area is 355 Å². The van der Waals surface area contributed by atoms with Crippen LogP contribution in [-0.4, -0.2) is 66.7 Å². The first-order valence-corrected chi connectivity index (χ1v) is 21.4. The van der Waals surface area contributed by atoms with Crippen LogP contribution in [0.25, 0.3) is 33.6 Å². The molecule has 5 N–H and O–H groups in total. The van der Waals surface area contributed by atoms with E-state index in [0.29, 0.717) is 38.4 Å². The number of nitrogens with zero attached hydrogens (tertiary/aromatic N) is 9.